The van der Waals surface area contributed by atoms with E-state index in [1.54, 1.807) is 17.6 Å². The van der Waals surface area contributed by atoms with Crippen molar-refractivity contribution in [1.82, 2.24) is 4.57 Å². The largest absolute Gasteiger partial charge is 0.422 e. The van der Waals surface area contributed by atoms with E-state index in [0.29, 0.717) is 23.1 Å². The van der Waals surface area contributed by atoms with Gasteiger partial charge in [0.2, 0.25) is 0 Å². The molecule has 0 saturated heterocycles. The van der Waals surface area contributed by atoms with Gasteiger partial charge in [0.15, 0.2) is 0 Å². The summed E-state index contributed by atoms with van der Waals surface area (Å²) >= 11 is 0. The summed E-state index contributed by atoms with van der Waals surface area (Å²) in [5.41, 5.74) is 2.26. The predicted molar refractivity (Wildman–Crippen MR) is 81.8 cm³/mol. The lowest BCUT2D eigenvalue weighted by atomic mass is 10.1. The number of nitrogens with zero attached hydrogens (tertiary/aromatic N) is 1. The monoisotopic (exact) mass is 281 g/mol. The summed E-state index contributed by atoms with van der Waals surface area (Å²) in [5, 5.41) is 0.469. The molecular formula is C17H15NO3. The minimum atomic E-state index is -0.431. The van der Waals surface area contributed by atoms with Gasteiger partial charge in [-0.15, -0.1) is 0 Å². The first-order valence-electron chi connectivity index (χ1n) is 6.75. The maximum Gasteiger partial charge on any atom is 0.336 e. The SMILES string of the molecule is Cc1cc(=O)oc2cc(C)n(Cc3ccccc3)c(=O)c12. The molecule has 0 N–H and O–H groups in total. The summed E-state index contributed by atoms with van der Waals surface area (Å²) < 4.78 is 6.84. The Morgan fingerprint density at radius 3 is 2.48 bits per heavy atom. The fraction of sp³-hybridized carbons (Fsp3) is 0.176. The van der Waals surface area contributed by atoms with Crippen molar-refractivity contribution in [2.75, 3.05) is 0 Å². The maximum atomic E-state index is 12.7. The van der Waals surface area contributed by atoms with Crippen LogP contribution in [0.15, 0.2) is 56.5 Å². The fourth-order valence-corrected chi connectivity index (χ4v) is 2.53. The Bertz CT molecular complexity index is 920. The van der Waals surface area contributed by atoms with E-state index in [0.717, 1.165) is 11.3 Å². The number of fused-ring (bicyclic) bond motifs is 1. The van der Waals surface area contributed by atoms with Crippen LogP contribution in [-0.4, -0.2) is 4.57 Å². The summed E-state index contributed by atoms with van der Waals surface area (Å²) in [6.07, 6.45) is 0. The minimum Gasteiger partial charge on any atom is -0.422 e. The molecule has 4 heteroatoms. The van der Waals surface area contributed by atoms with Gasteiger partial charge in [0.05, 0.1) is 11.9 Å². The molecule has 0 aliphatic heterocycles. The summed E-state index contributed by atoms with van der Waals surface area (Å²) in [5.74, 6) is 0. The number of rotatable bonds is 2. The highest BCUT2D eigenvalue weighted by atomic mass is 16.4. The van der Waals surface area contributed by atoms with Crippen molar-refractivity contribution in [1.29, 1.82) is 0 Å². The van der Waals surface area contributed by atoms with E-state index in [1.165, 1.54) is 6.07 Å². The van der Waals surface area contributed by atoms with Gasteiger partial charge in [-0.05, 0) is 25.0 Å². The molecule has 0 spiro atoms. The van der Waals surface area contributed by atoms with Gasteiger partial charge in [-0.3, -0.25) is 4.79 Å². The summed E-state index contributed by atoms with van der Waals surface area (Å²) in [4.78, 5) is 24.1. The van der Waals surface area contributed by atoms with Gasteiger partial charge < -0.3 is 8.98 Å². The molecule has 1 aromatic carbocycles. The van der Waals surface area contributed by atoms with E-state index in [9.17, 15) is 9.59 Å². The second kappa shape index (κ2) is 5.05. The van der Waals surface area contributed by atoms with Crippen molar-refractivity contribution in [3.05, 3.63) is 80.1 Å². The molecule has 4 nitrogen and oxygen atoms in total. The van der Waals surface area contributed by atoms with Gasteiger partial charge in [-0.25, -0.2) is 4.79 Å². The van der Waals surface area contributed by atoms with Gasteiger partial charge in [0.1, 0.15) is 5.58 Å². The second-order valence-corrected chi connectivity index (χ2v) is 5.15. The van der Waals surface area contributed by atoms with Gasteiger partial charge >= 0.3 is 5.63 Å². The van der Waals surface area contributed by atoms with Crippen LogP contribution in [0.25, 0.3) is 11.0 Å². The minimum absolute atomic E-state index is 0.130. The third kappa shape index (κ3) is 2.40. The van der Waals surface area contributed by atoms with E-state index in [1.807, 2.05) is 37.3 Å². The third-order valence-corrected chi connectivity index (χ3v) is 3.59. The number of pyridine rings is 1. The van der Waals surface area contributed by atoms with Gasteiger partial charge in [0, 0.05) is 17.8 Å². The van der Waals surface area contributed by atoms with E-state index in [-0.39, 0.29) is 5.56 Å². The Labute approximate surface area is 121 Å². The zero-order valence-corrected chi connectivity index (χ0v) is 11.9. The number of hydrogen-bond acceptors (Lipinski definition) is 3. The smallest absolute Gasteiger partial charge is 0.336 e. The topological polar surface area (TPSA) is 52.2 Å². The van der Waals surface area contributed by atoms with Crippen molar-refractivity contribution < 1.29 is 4.42 Å². The highest BCUT2D eigenvalue weighted by molar-refractivity contribution is 5.79. The average molecular weight is 281 g/mol. The van der Waals surface area contributed by atoms with Crippen LogP contribution < -0.4 is 11.2 Å². The van der Waals surface area contributed by atoms with Crippen LogP contribution >= 0.6 is 0 Å². The Kier molecular flexibility index (Phi) is 3.22. The highest BCUT2D eigenvalue weighted by Gasteiger charge is 2.11. The Morgan fingerprint density at radius 2 is 1.76 bits per heavy atom. The van der Waals surface area contributed by atoms with Crippen LogP contribution in [0.5, 0.6) is 0 Å². The number of aryl methyl sites for hydroxylation is 2. The number of hydrogen-bond donors (Lipinski definition) is 0. The molecular weight excluding hydrogens is 266 g/mol. The van der Waals surface area contributed by atoms with Crippen LogP contribution in [0.1, 0.15) is 16.8 Å². The lowest BCUT2D eigenvalue weighted by Gasteiger charge is -2.12. The van der Waals surface area contributed by atoms with Crippen molar-refractivity contribution in [3.63, 3.8) is 0 Å². The molecule has 0 atom stereocenters. The van der Waals surface area contributed by atoms with E-state index in [2.05, 4.69) is 0 Å². The molecule has 106 valence electrons. The van der Waals surface area contributed by atoms with E-state index in [4.69, 9.17) is 4.42 Å². The molecule has 0 radical (unpaired) electrons. The average Bonchev–Trinajstić information content (AvgIpc) is 2.43. The first-order valence-corrected chi connectivity index (χ1v) is 6.75. The Hall–Kier alpha value is -2.62. The second-order valence-electron chi connectivity index (χ2n) is 5.15. The van der Waals surface area contributed by atoms with Crippen LogP contribution in [0.3, 0.4) is 0 Å². The number of aromatic nitrogens is 1. The molecule has 2 aromatic heterocycles. The summed E-state index contributed by atoms with van der Waals surface area (Å²) in [7, 11) is 0. The van der Waals surface area contributed by atoms with Gasteiger partial charge in [0.25, 0.3) is 5.56 Å². The molecule has 0 amide bonds. The van der Waals surface area contributed by atoms with Crippen LogP contribution in [-0.2, 0) is 6.54 Å². The van der Waals surface area contributed by atoms with Crippen molar-refractivity contribution in [2.24, 2.45) is 0 Å². The molecule has 0 bridgehead atoms. The fourth-order valence-electron chi connectivity index (χ4n) is 2.53. The standard InChI is InChI=1S/C17H15NO3/c1-11-8-15(19)21-14-9-12(2)18(17(20)16(11)14)10-13-6-4-3-5-7-13/h3-9H,10H2,1-2H3. The van der Waals surface area contributed by atoms with Gasteiger partial charge in [-0.1, -0.05) is 30.3 Å². The first-order chi connectivity index (χ1) is 10.1. The molecule has 3 aromatic rings. The van der Waals surface area contributed by atoms with Crippen LogP contribution in [0, 0.1) is 13.8 Å². The Morgan fingerprint density at radius 1 is 1.05 bits per heavy atom. The van der Waals surface area contributed by atoms with Gasteiger partial charge in [-0.2, -0.15) is 0 Å². The lowest BCUT2D eigenvalue weighted by molar-refractivity contribution is 0.556. The van der Waals surface area contributed by atoms with Crippen molar-refractivity contribution >= 4 is 11.0 Å². The van der Waals surface area contributed by atoms with E-state index >= 15 is 0 Å². The molecule has 2 heterocycles. The molecule has 0 aliphatic carbocycles. The summed E-state index contributed by atoms with van der Waals surface area (Å²) in [6, 6.07) is 12.9. The molecule has 21 heavy (non-hydrogen) atoms. The zero-order valence-electron chi connectivity index (χ0n) is 11.9. The van der Waals surface area contributed by atoms with Crippen LogP contribution in [0.4, 0.5) is 0 Å². The normalized spacial score (nSPS) is 11.0. The Balaban J connectivity index is 2.25. The molecule has 0 saturated carbocycles. The zero-order chi connectivity index (χ0) is 15.0. The molecule has 3 rings (SSSR count). The van der Waals surface area contributed by atoms with E-state index < -0.39 is 5.63 Å². The predicted octanol–water partition coefficient (Wildman–Crippen LogP) is 2.62. The maximum absolute atomic E-state index is 12.7. The van der Waals surface area contributed by atoms with Crippen molar-refractivity contribution in [2.45, 2.75) is 20.4 Å². The number of benzene rings is 1. The van der Waals surface area contributed by atoms with Crippen molar-refractivity contribution in [3.8, 4) is 0 Å². The summed E-state index contributed by atoms with van der Waals surface area (Å²) in [6.45, 7) is 4.09. The highest BCUT2D eigenvalue weighted by Crippen LogP contribution is 2.14. The third-order valence-electron chi connectivity index (χ3n) is 3.59. The molecule has 0 unspecified atom stereocenters. The first kappa shape index (κ1) is 13.4. The molecule has 0 fully saturated rings. The lowest BCUT2D eigenvalue weighted by Crippen LogP contribution is -2.24. The quantitative estimate of drug-likeness (QED) is 0.725. The molecule has 0 aliphatic rings. The van der Waals surface area contributed by atoms with Crippen LogP contribution in [0.2, 0.25) is 0 Å².